The van der Waals surface area contributed by atoms with Crippen molar-refractivity contribution in [2.75, 3.05) is 25.5 Å². The number of benzene rings is 1. The third-order valence-electron chi connectivity index (χ3n) is 3.53. The summed E-state index contributed by atoms with van der Waals surface area (Å²) in [6.07, 6.45) is -2.32. The van der Waals surface area contributed by atoms with Gasteiger partial charge in [0.2, 0.25) is 0 Å². The first kappa shape index (κ1) is 15.7. The number of alkyl halides is 3. The number of rotatable bonds is 5. The summed E-state index contributed by atoms with van der Waals surface area (Å²) in [7, 11) is 1.64. The van der Waals surface area contributed by atoms with Gasteiger partial charge in [-0.05, 0) is 37.8 Å². The number of para-hydroxylation sites is 1. The zero-order valence-electron chi connectivity index (χ0n) is 12.1. The van der Waals surface area contributed by atoms with E-state index in [0.717, 1.165) is 18.9 Å². The maximum atomic E-state index is 13.1. The zero-order chi connectivity index (χ0) is 15.6. The lowest BCUT2D eigenvalue weighted by Crippen LogP contribution is -2.30. The minimum Gasteiger partial charge on any atom is -0.384 e. The molecule has 1 aromatic rings. The van der Waals surface area contributed by atoms with Crippen LogP contribution in [0.15, 0.2) is 18.2 Å². The molecule has 0 saturated heterocycles. The predicted octanol–water partition coefficient (Wildman–Crippen LogP) is 3.62. The second-order valence-corrected chi connectivity index (χ2v) is 5.39. The van der Waals surface area contributed by atoms with E-state index < -0.39 is 11.7 Å². The Bertz CT molecular complexity index is 524. The predicted molar refractivity (Wildman–Crippen MR) is 75.3 cm³/mol. The Kier molecular flexibility index (Phi) is 4.44. The first-order valence-electron chi connectivity index (χ1n) is 7.04. The first-order valence-corrected chi connectivity index (χ1v) is 7.04. The number of hydrogen-bond acceptors (Lipinski definition) is 2. The zero-order valence-corrected chi connectivity index (χ0v) is 12.1. The number of carbonyl (C=O) groups excluding carboxylic acids is 1. The molecular weight excluding hydrogens is 281 g/mol. The number of amides is 1. The lowest BCUT2D eigenvalue weighted by molar-refractivity contribution is -0.137. The standard InChI is InChI=1S/C15H19F3N2O/c1-3-19-13-11(5-4-6-12(13)15(16,17)18)14(21)20(2)9-10-7-8-10/h4-6,10,19H,3,7-9H2,1-2H3. The number of carbonyl (C=O) groups is 1. The van der Waals surface area contributed by atoms with Crippen LogP contribution < -0.4 is 5.32 Å². The monoisotopic (exact) mass is 300 g/mol. The minimum absolute atomic E-state index is 0.0785. The van der Waals surface area contributed by atoms with Gasteiger partial charge in [0.25, 0.3) is 5.91 Å². The van der Waals surface area contributed by atoms with Crippen molar-refractivity contribution in [3.63, 3.8) is 0 Å². The van der Waals surface area contributed by atoms with Crippen molar-refractivity contribution in [3.8, 4) is 0 Å². The summed E-state index contributed by atoms with van der Waals surface area (Å²) in [6, 6.07) is 3.72. The first-order chi connectivity index (χ1) is 9.84. The number of anilines is 1. The molecule has 0 aliphatic heterocycles. The minimum atomic E-state index is -4.48. The summed E-state index contributed by atoms with van der Waals surface area (Å²) < 4.78 is 39.2. The van der Waals surface area contributed by atoms with Gasteiger partial charge < -0.3 is 10.2 Å². The van der Waals surface area contributed by atoms with Crippen LogP contribution >= 0.6 is 0 Å². The van der Waals surface area contributed by atoms with E-state index in [-0.39, 0.29) is 17.2 Å². The quantitative estimate of drug-likeness (QED) is 0.901. The van der Waals surface area contributed by atoms with Gasteiger partial charge in [0.05, 0.1) is 16.8 Å². The van der Waals surface area contributed by atoms with E-state index in [1.54, 1.807) is 14.0 Å². The molecule has 0 atom stereocenters. The second kappa shape index (κ2) is 5.95. The molecule has 116 valence electrons. The highest BCUT2D eigenvalue weighted by molar-refractivity contribution is 6.00. The molecule has 21 heavy (non-hydrogen) atoms. The van der Waals surface area contributed by atoms with Gasteiger partial charge in [-0.25, -0.2) is 0 Å². The van der Waals surface area contributed by atoms with Gasteiger partial charge in [-0.2, -0.15) is 13.2 Å². The van der Waals surface area contributed by atoms with Crippen molar-refractivity contribution in [3.05, 3.63) is 29.3 Å². The topological polar surface area (TPSA) is 32.3 Å². The Morgan fingerprint density at radius 3 is 2.57 bits per heavy atom. The Morgan fingerprint density at radius 2 is 2.05 bits per heavy atom. The summed E-state index contributed by atoms with van der Waals surface area (Å²) in [4.78, 5) is 13.9. The van der Waals surface area contributed by atoms with Crippen molar-refractivity contribution >= 4 is 11.6 Å². The van der Waals surface area contributed by atoms with Gasteiger partial charge >= 0.3 is 6.18 Å². The molecular formula is C15H19F3N2O. The van der Waals surface area contributed by atoms with Crippen LogP contribution in [0.2, 0.25) is 0 Å². The molecule has 0 aromatic heterocycles. The van der Waals surface area contributed by atoms with Gasteiger partial charge in [0.1, 0.15) is 0 Å². The maximum Gasteiger partial charge on any atom is 0.418 e. The lowest BCUT2D eigenvalue weighted by Gasteiger charge is -2.21. The molecule has 3 nitrogen and oxygen atoms in total. The summed E-state index contributed by atoms with van der Waals surface area (Å²) in [5.74, 6) is 0.122. The Balaban J connectivity index is 2.34. The van der Waals surface area contributed by atoms with E-state index >= 15 is 0 Å². The van der Waals surface area contributed by atoms with Crippen LogP contribution in [0.1, 0.15) is 35.7 Å². The molecule has 0 spiro atoms. The number of nitrogens with one attached hydrogen (secondary N) is 1. The molecule has 1 amide bonds. The second-order valence-electron chi connectivity index (χ2n) is 5.39. The van der Waals surface area contributed by atoms with E-state index in [9.17, 15) is 18.0 Å². The summed E-state index contributed by atoms with van der Waals surface area (Å²) in [5, 5.41) is 2.69. The average Bonchev–Trinajstić information content (AvgIpc) is 3.21. The van der Waals surface area contributed by atoms with Crippen molar-refractivity contribution in [2.24, 2.45) is 5.92 Å². The molecule has 0 heterocycles. The summed E-state index contributed by atoms with van der Waals surface area (Å²) in [6.45, 7) is 2.62. The molecule has 1 fully saturated rings. The van der Waals surface area contributed by atoms with E-state index in [1.807, 2.05) is 0 Å². The van der Waals surface area contributed by atoms with Crippen LogP contribution in [0.25, 0.3) is 0 Å². The van der Waals surface area contributed by atoms with Crippen molar-refractivity contribution in [1.82, 2.24) is 4.90 Å². The SMILES string of the molecule is CCNc1c(C(=O)N(C)CC2CC2)cccc1C(F)(F)F. The molecule has 1 aromatic carbocycles. The third kappa shape index (κ3) is 3.68. The van der Waals surface area contributed by atoms with Crippen LogP contribution in [0.5, 0.6) is 0 Å². The van der Waals surface area contributed by atoms with E-state index in [2.05, 4.69) is 5.32 Å². The highest BCUT2D eigenvalue weighted by Crippen LogP contribution is 2.37. The smallest absolute Gasteiger partial charge is 0.384 e. The van der Waals surface area contributed by atoms with Crippen molar-refractivity contribution in [1.29, 1.82) is 0 Å². The summed E-state index contributed by atoms with van der Waals surface area (Å²) >= 11 is 0. The highest BCUT2D eigenvalue weighted by atomic mass is 19.4. The Hall–Kier alpha value is -1.72. The van der Waals surface area contributed by atoms with E-state index in [4.69, 9.17) is 0 Å². The molecule has 1 saturated carbocycles. The molecule has 0 unspecified atom stereocenters. The number of halogens is 3. The largest absolute Gasteiger partial charge is 0.418 e. The van der Waals surface area contributed by atoms with Gasteiger partial charge in [-0.1, -0.05) is 6.07 Å². The van der Waals surface area contributed by atoms with Crippen LogP contribution in [0.4, 0.5) is 18.9 Å². The fraction of sp³-hybridized carbons (Fsp3) is 0.533. The van der Waals surface area contributed by atoms with Crippen LogP contribution in [-0.4, -0.2) is 30.9 Å². The molecule has 1 N–H and O–H groups in total. The van der Waals surface area contributed by atoms with Crippen molar-refractivity contribution in [2.45, 2.75) is 25.9 Å². The normalized spacial score (nSPS) is 14.9. The Labute approximate surface area is 122 Å². The molecule has 0 bridgehead atoms. The van der Waals surface area contributed by atoms with E-state index in [0.29, 0.717) is 19.0 Å². The average molecular weight is 300 g/mol. The molecule has 2 rings (SSSR count). The third-order valence-corrected chi connectivity index (χ3v) is 3.53. The van der Waals surface area contributed by atoms with Gasteiger partial charge in [0, 0.05) is 20.1 Å². The van der Waals surface area contributed by atoms with Crippen LogP contribution in [0.3, 0.4) is 0 Å². The number of hydrogen-bond donors (Lipinski definition) is 1. The van der Waals surface area contributed by atoms with Crippen LogP contribution in [-0.2, 0) is 6.18 Å². The lowest BCUT2D eigenvalue weighted by atomic mass is 10.0. The van der Waals surface area contributed by atoms with Gasteiger partial charge in [-0.15, -0.1) is 0 Å². The summed E-state index contributed by atoms with van der Waals surface area (Å²) in [5.41, 5.74) is -0.843. The fourth-order valence-electron chi connectivity index (χ4n) is 2.31. The van der Waals surface area contributed by atoms with E-state index in [1.165, 1.54) is 17.0 Å². The number of nitrogens with zero attached hydrogens (tertiary/aromatic N) is 1. The highest BCUT2D eigenvalue weighted by Gasteiger charge is 2.35. The van der Waals surface area contributed by atoms with Gasteiger partial charge in [-0.3, -0.25) is 4.79 Å². The Morgan fingerprint density at radius 1 is 1.38 bits per heavy atom. The maximum absolute atomic E-state index is 13.1. The van der Waals surface area contributed by atoms with Crippen LogP contribution in [0, 0.1) is 5.92 Å². The fourth-order valence-corrected chi connectivity index (χ4v) is 2.31. The molecule has 1 aliphatic rings. The molecule has 1 aliphatic carbocycles. The van der Waals surface area contributed by atoms with Gasteiger partial charge in [0.15, 0.2) is 0 Å². The molecule has 0 radical (unpaired) electrons. The van der Waals surface area contributed by atoms with Crippen molar-refractivity contribution < 1.29 is 18.0 Å². The molecule has 6 heteroatoms.